The lowest BCUT2D eigenvalue weighted by atomic mass is 10.8. The van der Waals surface area contributed by atoms with Crippen LogP contribution in [0.15, 0.2) is 0 Å². The predicted molar refractivity (Wildman–Crippen MR) is 36.7 cm³/mol. The average molecular weight is 147 g/mol. The molecule has 0 atom stereocenters. The Morgan fingerprint density at radius 2 is 2.10 bits per heavy atom. The van der Waals surface area contributed by atoms with Gasteiger partial charge < -0.3 is 9.47 Å². The van der Waals surface area contributed by atoms with E-state index in [1.54, 1.807) is 6.92 Å². The molecule has 0 fully saturated rings. The Morgan fingerprint density at radius 1 is 1.40 bits per heavy atom. The Morgan fingerprint density at radius 3 is 2.60 bits per heavy atom. The molecule has 0 aromatic carbocycles. The Bertz CT molecular complexity index is 95.0. The van der Waals surface area contributed by atoms with Crippen LogP contribution in [0.1, 0.15) is 13.8 Å². The summed E-state index contributed by atoms with van der Waals surface area (Å²) in [6.07, 6.45) is -0.434. The summed E-state index contributed by atoms with van der Waals surface area (Å²) < 4.78 is 9.40. The number of rotatable bonds is 4. The van der Waals surface area contributed by atoms with Crippen LogP contribution in [0.4, 0.5) is 4.79 Å². The first-order valence-electron chi connectivity index (χ1n) is 3.29. The van der Waals surface area contributed by atoms with Crippen LogP contribution in [0.2, 0.25) is 0 Å². The van der Waals surface area contributed by atoms with Gasteiger partial charge in [-0.15, -0.1) is 0 Å². The average Bonchev–Trinajstić information content (AvgIpc) is 1.89. The minimum atomic E-state index is -0.434. The molecule has 0 radical (unpaired) electrons. The highest BCUT2D eigenvalue weighted by molar-refractivity contribution is 5.66. The van der Waals surface area contributed by atoms with Gasteiger partial charge in [0.2, 0.25) is 0 Å². The van der Waals surface area contributed by atoms with E-state index in [0.29, 0.717) is 13.2 Å². The van der Waals surface area contributed by atoms with Gasteiger partial charge >= 0.3 is 6.09 Å². The van der Waals surface area contributed by atoms with Gasteiger partial charge in [-0.05, 0) is 13.8 Å². The van der Waals surface area contributed by atoms with Gasteiger partial charge in [0.25, 0.3) is 0 Å². The van der Waals surface area contributed by atoms with Crippen molar-refractivity contribution in [3.05, 3.63) is 0 Å². The second-order valence-electron chi connectivity index (χ2n) is 1.53. The minimum absolute atomic E-state index is 0.218. The Kier molecular flexibility index (Phi) is 5.86. The first kappa shape index (κ1) is 9.23. The molecule has 1 N–H and O–H groups in total. The summed E-state index contributed by atoms with van der Waals surface area (Å²) in [6.45, 7) is 4.80. The van der Waals surface area contributed by atoms with Gasteiger partial charge in [0.1, 0.15) is 6.73 Å². The van der Waals surface area contributed by atoms with Crippen molar-refractivity contribution >= 4 is 6.09 Å². The molecule has 4 nitrogen and oxygen atoms in total. The first-order chi connectivity index (χ1) is 4.81. The fourth-order valence-corrected chi connectivity index (χ4v) is 0.394. The van der Waals surface area contributed by atoms with Gasteiger partial charge in [-0.3, -0.25) is 5.32 Å². The summed E-state index contributed by atoms with van der Waals surface area (Å²) in [5, 5.41) is 2.40. The van der Waals surface area contributed by atoms with Crippen molar-refractivity contribution in [1.29, 1.82) is 0 Å². The second kappa shape index (κ2) is 6.35. The number of hydrogen-bond acceptors (Lipinski definition) is 3. The lowest BCUT2D eigenvalue weighted by Gasteiger charge is -2.03. The maximum Gasteiger partial charge on any atom is 0.408 e. The molecule has 10 heavy (non-hydrogen) atoms. The van der Waals surface area contributed by atoms with E-state index in [1.165, 1.54) is 0 Å². The lowest BCUT2D eigenvalue weighted by molar-refractivity contribution is 0.105. The van der Waals surface area contributed by atoms with Crippen LogP contribution >= 0.6 is 0 Å². The van der Waals surface area contributed by atoms with Crippen LogP contribution in [-0.2, 0) is 9.47 Å². The zero-order valence-corrected chi connectivity index (χ0v) is 6.35. The van der Waals surface area contributed by atoms with Crippen molar-refractivity contribution in [2.45, 2.75) is 13.8 Å². The minimum Gasteiger partial charge on any atom is -0.450 e. The highest BCUT2D eigenvalue weighted by atomic mass is 16.6. The molecule has 0 heterocycles. The van der Waals surface area contributed by atoms with E-state index in [0.717, 1.165) is 0 Å². The summed E-state index contributed by atoms with van der Waals surface area (Å²) in [6, 6.07) is 0. The normalized spacial score (nSPS) is 9.00. The van der Waals surface area contributed by atoms with Crippen molar-refractivity contribution in [1.82, 2.24) is 5.32 Å². The van der Waals surface area contributed by atoms with Gasteiger partial charge in [0.05, 0.1) is 6.61 Å². The molecule has 0 aromatic rings. The van der Waals surface area contributed by atoms with Gasteiger partial charge in [-0.1, -0.05) is 0 Å². The molecule has 0 aromatic heterocycles. The fraction of sp³-hybridized carbons (Fsp3) is 0.833. The maximum absolute atomic E-state index is 10.5. The molecule has 0 aliphatic rings. The van der Waals surface area contributed by atoms with E-state index in [4.69, 9.17) is 4.74 Å². The summed E-state index contributed by atoms with van der Waals surface area (Å²) >= 11 is 0. The molecule has 0 unspecified atom stereocenters. The summed E-state index contributed by atoms with van der Waals surface area (Å²) in [5.41, 5.74) is 0. The summed E-state index contributed by atoms with van der Waals surface area (Å²) in [7, 11) is 0. The zero-order chi connectivity index (χ0) is 7.82. The second-order valence-corrected chi connectivity index (χ2v) is 1.53. The van der Waals surface area contributed by atoms with Gasteiger partial charge in [0, 0.05) is 6.61 Å². The molecule has 0 aliphatic heterocycles. The SMILES string of the molecule is CCOCNC(=O)OCC. The smallest absolute Gasteiger partial charge is 0.408 e. The number of alkyl carbamates (subject to hydrolysis) is 1. The predicted octanol–water partition coefficient (Wildman–Crippen LogP) is 0.727. The Hall–Kier alpha value is -0.770. The van der Waals surface area contributed by atoms with Crippen LogP contribution in [0.5, 0.6) is 0 Å². The number of hydrogen-bond donors (Lipinski definition) is 1. The fourth-order valence-electron chi connectivity index (χ4n) is 0.394. The van der Waals surface area contributed by atoms with Gasteiger partial charge in [-0.2, -0.15) is 0 Å². The lowest BCUT2D eigenvalue weighted by Crippen LogP contribution is -2.26. The molecule has 0 saturated carbocycles. The van der Waals surface area contributed by atoms with E-state index in [9.17, 15) is 4.79 Å². The van der Waals surface area contributed by atoms with Crippen molar-refractivity contribution in [2.75, 3.05) is 19.9 Å². The number of carbonyl (C=O) groups is 1. The largest absolute Gasteiger partial charge is 0.450 e. The number of ether oxygens (including phenoxy) is 2. The van der Waals surface area contributed by atoms with Gasteiger partial charge in [0.15, 0.2) is 0 Å². The first-order valence-corrected chi connectivity index (χ1v) is 3.29. The third-order valence-corrected chi connectivity index (χ3v) is 0.798. The molecular formula is C6H13NO3. The van der Waals surface area contributed by atoms with Crippen molar-refractivity contribution in [2.24, 2.45) is 0 Å². The molecule has 1 amide bonds. The molecule has 0 aliphatic carbocycles. The summed E-state index contributed by atoms with van der Waals surface area (Å²) in [5.74, 6) is 0. The van der Waals surface area contributed by atoms with Crippen molar-refractivity contribution in [3.63, 3.8) is 0 Å². The van der Waals surface area contributed by atoms with Crippen molar-refractivity contribution < 1.29 is 14.3 Å². The monoisotopic (exact) mass is 147 g/mol. The quantitative estimate of drug-likeness (QED) is 0.471. The van der Waals surface area contributed by atoms with Gasteiger partial charge in [-0.25, -0.2) is 4.79 Å². The number of nitrogens with one attached hydrogen (secondary N) is 1. The van der Waals surface area contributed by atoms with E-state index < -0.39 is 6.09 Å². The summed E-state index contributed by atoms with van der Waals surface area (Å²) in [4.78, 5) is 10.5. The zero-order valence-electron chi connectivity index (χ0n) is 6.35. The van der Waals surface area contributed by atoms with E-state index in [1.807, 2.05) is 6.92 Å². The Balaban J connectivity index is 3.05. The number of amides is 1. The molecule has 0 bridgehead atoms. The van der Waals surface area contributed by atoms with E-state index in [-0.39, 0.29) is 6.73 Å². The molecular weight excluding hydrogens is 134 g/mol. The number of carbonyl (C=O) groups excluding carboxylic acids is 1. The van der Waals surface area contributed by atoms with E-state index in [2.05, 4.69) is 10.1 Å². The van der Waals surface area contributed by atoms with Crippen LogP contribution in [0, 0.1) is 0 Å². The Labute approximate surface area is 60.5 Å². The van der Waals surface area contributed by atoms with Crippen molar-refractivity contribution in [3.8, 4) is 0 Å². The van der Waals surface area contributed by atoms with Crippen LogP contribution in [0.25, 0.3) is 0 Å². The van der Waals surface area contributed by atoms with Crippen LogP contribution < -0.4 is 5.32 Å². The molecule has 4 heteroatoms. The third-order valence-electron chi connectivity index (χ3n) is 0.798. The molecule has 60 valence electrons. The van der Waals surface area contributed by atoms with Crippen LogP contribution in [0.3, 0.4) is 0 Å². The topological polar surface area (TPSA) is 47.6 Å². The molecule has 0 spiro atoms. The third kappa shape index (κ3) is 5.37. The standard InChI is InChI=1S/C6H13NO3/c1-3-9-5-7-6(8)10-4-2/h3-5H2,1-2H3,(H,7,8). The van der Waals surface area contributed by atoms with E-state index >= 15 is 0 Å². The highest BCUT2D eigenvalue weighted by Crippen LogP contribution is 1.75. The molecule has 0 saturated heterocycles. The molecule has 0 rings (SSSR count). The highest BCUT2D eigenvalue weighted by Gasteiger charge is 1.95. The van der Waals surface area contributed by atoms with Crippen LogP contribution in [-0.4, -0.2) is 26.0 Å². The maximum atomic E-state index is 10.5.